The lowest BCUT2D eigenvalue weighted by Crippen LogP contribution is -2.28. The van der Waals surface area contributed by atoms with Crippen LogP contribution in [0.4, 0.5) is 5.69 Å². The number of hydrogen-bond acceptors (Lipinski definition) is 3. The van der Waals surface area contributed by atoms with Crippen LogP contribution in [-0.2, 0) is 0 Å². The smallest absolute Gasteiger partial charge is 0.252 e. The Morgan fingerprint density at radius 1 is 1.20 bits per heavy atom. The Kier molecular flexibility index (Phi) is 4.61. The summed E-state index contributed by atoms with van der Waals surface area (Å²) < 4.78 is 0. The summed E-state index contributed by atoms with van der Waals surface area (Å²) in [6.45, 7) is 0.105. The topological polar surface area (TPSA) is 75.3 Å². The van der Waals surface area contributed by atoms with Gasteiger partial charge in [0, 0.05) is 12.2 Å². The molecule has 0 aromatic heterocycles. The maximum absolute atomic E-state index is 11.9. The van der Waals surface area contributed by atoms with Crippen molar-refractivity contribution in [3.05, 3.63) is 64.7 Å². The zero-order chi connectivity index (χ0) is 14.5. The molecule has 5 heteroatoms. The summed E-state index contributed by atoms with van der Waals surface area (Å²) in [6, 6.07) is 13.6. The second-order valence-corrected chi connectivity index (χ2v) is 4.78. The van der Waals surface area contributed by atoms with Gasteiger partial charge in [-0.3, -0.25) is 4.79 Å². The number of aliphatic hydroxyl groups excluding tert-OH is 1. The molecule has 1 unspecified atom stereocenters. The first-order valence-electron chi connectivity index (χ1n) is 6.14. The fourth-order valence-electron chi connectivity index (χ4n) is 1.77. The molecule has 0 spiro atoms. The molecule has 0 saturated heterocycles. The van der Waals surface area contributed by atoms with Crippen LogP contribution >= 0.6 is 11.6 Å². The van der Waals surface area contributed by atoms with E-state index in [9.17, 15) is 9.90 Å². The first-order valence-corrected chi connectivity index (χ1v) is 6.52. The molecular weight excluding hydrogens is 276 g/mol. The molecule has 20 heavy (non-hydrogen) atoms. The fourth-order valence-corrected chi connectivity index (χ4v) is 1.99. The molecule has 2 rings (SSSR count). The van der Waals surface area contributed by atoms with Gasteiger partial charge in [0.1, 0.15) is 0 Å². The van der Waals surface area contributed by atoms with Gasteiger partial charge in [0.05, 0.1) is 16.7 Å². The van der Waals surface area contributed by atoms with Crippen molar-refractivity contribution in [2.24, 2.45) is 0 Å². The zero-order valence-electron chi connectivity index (χ0n) is 10.7. The van der Waals surface area contributed by atoms with E-state index in [0.717, 1.165) is 0 Å². The van der Waals surface area contributed by atoms with E-state index in [1.165, 1.54) is 0 Å². The number of benzene rings is 2. The number of carbonyl (C=O) groups is 1. The van der Waals surface area contributed by atoms with Crippen LogP contribution in [0.5, 0.6) is 0 Å². The summed E-state index contributed by atoms with van der Waals surface area (Å²) in [5.41, 5.74) is 7.28. The van der Waals surface area contributed by atoms with E-state index < -0.39 is 6.10 Å². The number of hydrogen-bond donors (Lipinski definition) is 3. The van der Waals surface area contributed by atoms with E-state index in [4.69, 9.17) is 17.3 Å². The van der Waals surface area contributed by atoms with E-state index in [2.05, 4.69) is 5.32 Å². The Morgan fingerprint density at radius 3 is 2.50 bits per heavy atom. The van der Waals surface area contributed by atoms with Gasteiger partial charge in [-0.15, -0.1) is 0 Å². The second kappa shape index (κ2) is 6.41. The van der Waals surface area contributed by atoms with Crippen molar-refractivity contribution in [1.82, 2.24) is 5.32 Å². The van der Waals surface area contributed by atoms with Crippen molar-refractivity contribution in [3.63, 3.8) is 0 Å². The quantitative estimate of drug-likeness (QED) is 0.757. The molecular formula is C15H15ClN2O2. The molecule has 4 nitrogen and oxygen atoms in total. The van der Waals surface area contributed by atoms with Crippen molar-refractivity contribution in [3.8, 4) is 0 Å². The number of amides is 1. The molecule has 0 radical (unpaired) electrons. The van der Waals surface area contributed by atoms with Crippen LogP contribution in [0, 0.1) is 0 Å². The summed E-state index contributed by atoms with van der Waals surface area (Å²) in [7, 11) is 0. The molecule has 4 N–H and O–H groups in total. The number of rotatable bonds is 4. The first-order chi connectivity index (χ1) is 9.58. The van der Waals surface area contributed by atoms with E-state index in [1.54, 1.807) is 48.5 Å². The lowest BCUT2D eigenvalue weighted by Gasteiger charge is -2.13. The lowest BCUT2D eigenvalue weighted by molar-refractivity contribution is 0.0916. The number of nitrogens with two attached hydrogens (primary N) is 1. The summed E-state index contributed by atoms with van der Waals surface area (Å²) >= 11 is 5.93. The fraction of sp³-hybridized carbons (Fsp3) is 0.133. The van der Waals surface area contributed by atoms with Gasteiger partial charge in [0.2, 0.25) is 0 Å². The third-order valence-electron chi connectivity index (χ3n) is 2.90. The zero-order valence-corrected chi connectivity index (χ0v) is 11.5. The maximum Gasteiger partial charge on any atom is 0.252 e. The minimum atomic E-state index is -0.790. The highest BCUT2D eigenvalue weighted by Gasteiger charge is 2.12. The Labute approximate surface area is 122 Å². The van der Waals surface area contributed by atoms with E-state index in [-0.39, 0.29) is 12.5 Å². The molecule has 1 atom stereocenters. The van der Waals surface area contributed by atoms with Crippen molar-refractivity contribution < 1.29 is 9.90 Å². The normalized spacial score (nSPS) is 11.9. The number of nitrogens with one attached hydrogen (secondary N) is 1. The molecule has 1 amide bonds. The summed E-state index contributed by atoms with van der Waals surface area (Å²) in [4.78, 5) is 11.9. The van der Waals surface area contributed by atoms with Crippen LogP contribution in [0.15, 0.2) is 48.5 Å². The Morgan fingerprint density at radius 2 is 1.85 bits per heavy atom. The Bertz CT molecular complexity index is 599. The highest BCUT2D eigenvalue weighted by atomic mass is 35.5. The van der Waals surface area contributed by atoms with Gasteiger partial charge in [0.25, 0.3) is 5.91 Å². The summed E-state index contributed by atoms with van der Waals surface area (Å²) in [6.07, 6.45) is -0.790. The highest BCUT2D eigenvalue weighted by molar-refractivity contribution is 6.33. The molecule has 0 aliphatic heterocycles. The standard InChI is InChI=1S/C15H15ClN2O2/c16-13-4-2-1-3-12(13)15(20)18-9-14(19)10-5-7-11(17)8-6-10/h1-8,14,19H,9,17H2,(H,18,20). The van der Waals surface area contributed by atoms with Gasteiger partial charge < -0.3 is 16.2 Å². The highest BCUT2D eigenvalue weighted by Crippen LogP contribution is 2.16. The molecule has 0 fully saturated rings. The number of carbonyl (C=O) groups excluding carboxylic acids is 1. The molecule has 0 aliphatic rings. The van der Waals surface area contributed by atoms with Crippen LogP contribution in [0.3, 0.4) is 0 Å². The maximum atomic E-state index is 11.9. The average molecular weight is 291 g/mol. The monoisotopic (exact) mass is 290 g/mol. The van der Waals surface area contributed by atoms with Crippen molar-refractivity contribution in [2.45, 2.75) is 6.10 Å². The third-order valence-corrected chi connectivity index (χ3v) is 3.23. The average Bonchev–Trinajstić information content (AvgIpc) is 2.45. The van der Waals surface area contributed by atoms with Crippen LogP contribution in [-0.4, -0.2) is 17.6 Å². The molecule has 0 aliphatic carbocycles. The third kappa shape index (κ3) is 3.50. The predicted octanol–water partition coefficient (Wildman–Crippen LogP) is 2.39. The minimum absolute atomic E-state index is 0.105. The molecule has 0 bridgehead atoms. The number of halogens is 1. The van der Waals surface area contributed by atoms with Crippen LogP contribution in [0.2, 0.25) is 5.02 Å². The van der Waals surface area contributed by atoms with Gasteiger partial charge in [-0.1, -0.05) is 35.9 Å². The molecule has 0 heterocycles. The van der Waals surface area contributed by atoms with Gasteiger partial charge in [-0.25, -0.2) is 0 Å². The minimum Gasteiger partial charge on any atom is -0.399 e. The van der Waals surface area contributed by atoms with Crippen molar-refractivity contribution >= 4 is 23.2 Å². The van der Waals surface area contributed by atoms with Crippen LogP contribution < -0.4 is 11.1 Å². The van der Waals surface area contributed by atoms with E-state index in [0.29, 0.717) is 21.8 Å². The van der Waals surface area contributed by atoms with Gasteiger partial charge >= 0.3 is 0 Å². The molecule has 2 aromatic rings. The molecule has 2 aromatic carbocycles. The van der Waals surface area contributed by atoms with E-state index in [1.807, 2.05) is 0 Å². The van der Waals surface area contributed by atoms with Crippen molar-refractivity contribution in [2.75, 3.05) is 12.3 Å². The SMILES string of the molecule is Nc1ccc(C(O)CNC(=O)c2ccccc2Cl)cc1. The number of nitrogen functional groups attached to an aromatic ring is 1. The van der Waals surface area contributed by atoms with E-state index >= 15 is 0 Å². The van der Waals surface area contributed by atoms with Crippen molar-refractivity contribution in [1.29, 1.82) is 0 Å². The first kappa shape index (κ1) is 14.4. The molecule has 0 saturated carbocycles. The van der Waals surface area contributed by atoms with Gasteiger partial charge in [0.15, 0.2) is 0 Å². The summed E-state index contributed by atoms with van der Waals surface area (Å²) in [5.74, 6) is -0.315. The van der Waals surface area contributed by atoms with Gasteiger partial charge in [-0.05, 0) is 29.8 Å². The lowest BCUT2D eigenvalue weighted by atomic mass is 10.1. The second-order valence-electron chi connectivity index (χ2n) is 4.37. The predicted molar refractivity (Wildman–Crippen MR) is 79.6 cm³/mol. The number of anilines is 1. The largest absolute Gasteiger partial charge is 0.399 e. The van der Waals surface area contributed by atoms with Crippen LogP contribution in [0.1, 0.15) is 22.0 Å². The number of aliphatic hydroxyl groups is 1. The molecule has 104 valence electrons. The Balaban J connectivity index is 1.97. The van der Waals surface area contributed by atoms with Gasteiger partial charge in [-0.2, -0.15) is 0 Å². The summed E-state index contributed by atoms with van der Waals surface area (Å²) in [5, 5.41) is 13.0. The Hall–Kier alpha value is -2.04. The van der Waals surface area contributed by atoms with Crippen LogP contribution in [0.25, 0.3) is 0 Å².